The molecule has 0 N–H and O–H groups in total. The highest BCUT2D eigenvalue weighted by Crippen LogP contribution is 2.33. The van der Waals surface area contributed by atoms with Crippen LogP contribution in [0.2, 0.25) is 0 Å². The third-order valence-corrected chi connectivity index (χ3v) is 12.7. The van der Waals surface area contributed by atoms with Crippen LogP contribution in [-0.2, 0) is 19.1 Å². The highest BCUT2D eigenvalue weighted by Gasteiger charge is 2.26. The van der Waals surface area contributed by atoms with Crippen LogP contribution in [0.1, 0.15) is 62.8 Å². The summed E-state index contributed by atoms with van der Waals surface area (Å²) in [6.07, 6.45) is 7.85. The molecule has 398 valence electrons. The van der Waals surface area contributed by atoms with Gasteiger partial charge in [-0.05, 0) is 147 Å². The quantitative estimate of drug-likeness (QED) is 0.0348. The van der Waals surface area contributed by atoms with Crippen molar-refractivity contribution in [3.63, 3.8) is 0 Å². The Morgan fingerprint density at radius 3 is 1.01 bits per heavy atom. The summed E-state index contributed by atoms with van der Waals surface area (Å²) in [5.74, 6) is 13.6. The lowest BCUT2D eigenvalue weighted by atomic mass is 10.0. The number of carbonyl (C=O) groups is 2. The minimum atomic E-state index is -0.819. The molecule has 0 aliphatic rings. The van der Waals surface area contributed by atoms with E-state index in [1.807, 2.05) is 158 Å². The Balaban J connectivity index is 1.04. The summed E-state index contributed by atoms with van der Waals surface area (Å²) in [4.78, 5) is 53.2. The van der Waals surface area contributed by atoms with Crippen LogP contribution >= 0.6 is 31.9 Å². The maximum Gasteiger partial charge on any atom is 0.322 e. The van der Waals surface area contributed by atoms with E-state index in [-0.39, 0.29) is 38.4 Å². The Morgan fingerprint density at radius 1 is 0.400 bits per heavy atom. The normalized spacial score (nSPS) is 11.1. The number of esters is 2. The van der Waals surface area contributed by atoms with Crippen LogP contribution in [0.4, 0.5) is 0 Å². The Labute approximate surface area is 482 Å². The van der Waals surface area contributed by atoms with Gasteiger partial charge in [-0.25, -0.2) is 9.97 Å². The molecule has 0 unspecified atom stereocenters. The van der Waals surface area contributed by atoms with Crippen LogP contribution in [0.15, 0.2) is 183 Å². The molecule has 12 nitrogen and oxygen atoms in total. The van der Waals surface area contributed by atoms with Gasteiger partial charge in [0.05, 0.1) is 83.1 Å². The van der Waals surface area contributed by atoms with E-state index in [1.165, 1.54) is 0 Å². The summed E-state index contributed by atoms with van der Waals surface area (Å²) in [7, 11) is 0. The number of ether oxygens (including phenoxy) is 4. The fourth-order valence-electron chi connectivity index (χ4n) is 7.90. The van der Waals surface area contributed by atoms with Crippen molar-refractivity contribution in [1.29, 1.82) is 0 Å². The third-order valence-electron chi connectivity index (χ3n) is 12.1. The molecule has 9 rings (SSSR count). The second-order valence-electron chi connectivity index (χ2n) is 19.2. The molecule has 0 bridgehead atoms. The van der Waals surface area contributed by atoms with Crippen molar-refractivity contribution in [2.45, 2.75) is 49.2 Å². The average Bonchev–Trinajstić information content (AvgIpc) is 3.48. The summed E-state index contributed by atoms with van der Waals surface area (Å²) in [5.41, 5.74) is 12.3. The lowest BCUT2D eigenvalue weighted by molar-refractivity contribution is -0.146. The number of pyridine rings is 6. The van der Waals surface area contributed by atoms with Gasteiger partial charge in [0.25, 0.3) is 0 Å². The van der Waals surface area contributed by atoms with Crippen molar-refractivity contribution in [3.05, 3.63) is 205 Å². The molecule has 6 heterocycles. The molecule has 0 spiro atoms. The van der Waals surface area contributed by atoms with E-state index in [4.69, 9.17) is 28.9 Å². The predicted octanol–water partition coefficient (Wildman–Crippen LogP) is 13.8. The molecule has 0 amide bonds. The first kappa shape index (κ1) is 55.9. The van der Waals surface area contributed by atoms with Crippen molar-refractivity contribution >= 4 is 43.8 Å². The number of alkyl halides is 2. The minimum absolute atomic E-state index is 0.153. The van der Waals surface area contributed by atoms with Crippen LogP contribution in [0.25, 0.3) is 67.8 Å². The number of hydrogen-bond acceptors (Lipinski definition) is 12. The fourth-order valence-corrected chi connectivity index (χ4v) is 8.13. The van der Waals surface area contributed by atoms with Crippen molar-refractivity contribution < 1.29 is 28.5 Å². The topological polar surface area (TPSA) is 148 Å². The number of benzene rings is 3. The van der Waals surface area contributed by atoms with Crippen LogP contribution in [0.5, 0.6) is 11.5 Å². The fraction of sp³-hybridized carbons (Fsp3) is 0.182. The summed E-state index contributed by atoms with van der Waals surface area (Å²) >= 11 is 6.75. The first-order valence-corrected chi connectivity index (χ1v) is 27.4. The highest BCUT2D eigenvalue weighted by atomic mass is 79.9. The van der Waals surface area contributed by atoms with E-state index in [0.29, 0.717) is 35.5 Å². The first-order chi connectivity index (χ1) is 38.7. The van der Waals surface area contributed by atoms with Crippen LogP contribution < -0.4 is 9.47 Å². The standard InChI is InChI=1S/C66H54Br2N6O6/c1-65(2,67)63(75)79-37-13-35-77-61-43-50(30-24-46-21-27-48(28-22-46)52-41-59(55-17-7-11-33-71-55)74-60(42-52)56-18-8-12-34-72-56)62(78-36-14-38-80-64(76)66(3,4)68)44-49(61)29-23-45-19-25-47(26-20-45)51-39-57(53-15-5-9-31-69-53)73-58(40-51)54-16-6-10-32-70-54/h5-12,15-22,25-28,31-34,39-44H,13-14,35-38H2,1-4H3. The largest absolute Gasteiger partial charge is 0.492 e. The Morgan fingerprint density at radius 2 is 0.725 bits per heavy atom. The van der Waals surface area contributed by atoms with Gasteiger partial charge in [0.1, 0.15) is 20.1 Å². The van der Waals surface area contributed by atoms with Crippen molar-refractivity contribution in [1.82, 2.24) is 29.9 Å². The van der Waals surface area contributed by atoms with Gasteiger partial charge in [0.15, 0.2) is 0 Å². The smallest absolute Gasteiger partial charge is 0.322 e. The van der Waals surface area contributed by atoms with Crippen molar-refractivity contribution in [2.75, 3.05) is 26.4 Å². The molecule has 0 saturated carbocycles. The lowest BCUT2D eigenvalue weighted by Crippen LogP contribution is -2.27. The Hall–Kier alpha value is -8.82. The molecule has 0 fully saturated rings. The van der Waals surface area contributed by atoms with E-state index in [2.05, 4.69) is 75.5 Å². The second-order valence-corrected chi connectivity index (χ2v) is 23.2. The summed E-state index contributed by atoms with van der Waals surface area (Å²) in [6, 6.07) is 50.7. The SMILES string of the molecule is CC(C)(Br)C(=O)OCCCOc1cc(C#Cc2ccc(-c3cc(-c4ccccn4)nc(-c4ccccn4)c3)cc2)c(OCCCOC(=O)C(C)(C)Br)cc1C#Cc1ccc(-c2cc(-c3ccccn3)nc(-c3ccccn3)c2)cc1. The molecule has 0 radical (unpaired) electrons. The first-order valence-electron chi connectivity index (χ1n) is 25.8. The Kier molecular flexibility index (Phi) is 18.3. The van der Waals surface area contributed by atoms with Crippen LogP contribution in [-0.4, -0.2) is 76.9 Å². The van der Waals surface area contributed by atoms with Gasteiger partial charge in [-0.1, -0.05) is 104 Å². The molecule has 0 aliphatic carbocycles. The van der Waals surface area contributed by atoms with Crippen LogP contribution in [0, 0.1) is 23.7 Å². The molecular weight excluding hydrogens is 1130 g/mol. The number of carbonyl (C=O) groups excluding carboxylic acids is 2. The summed E-state index contributed by atoms with van der Waals surface area (Å²) in [6.45, 7) is 7.68. The number of halogens is 2. The van der Waals surface area contributed by atoms with Crippen molar-refractivity contribution in [2.24, 2.45) is 0 Å². The average molecular weight is 1190 g/mol. The maximum atomic E-state index is 12.5. The predicted molar refractivity (Wildman–Crippen MR) is 319 cm³/mol. The molecule has 0 atom stereocenters. The monoisotopic (exact) mass is 1180 g/mol. The summed E-state index contributed by atoms with van der Waals surface area (Å²) in [5, 5.41) is 0. The zero-order chi connectivity index (χ0) is 55.9. The van der Waals surface area contributed by atoms with E-state index >= 15 is 0 Å². The van der Waals surface area contributed by atoms with Gasteiger partial charge in [-0.3, -0.25) is 29.5 Å². The van der Waals surface area contributed by atoms with Gasteiger partial charge < -0.3 is 18.9 Å². The van der Waals surface area contributed by atoms with Crippen molar-refractivity contribution in [3.8, 4) is 103 Å². The molecule has 9 aromatic rings. The van der Waals surface area contributed by atoms with Gasteiger partial charge in [0.2, 0.25) is 0 Å². The zero-order valence-electron chi connectivity index (χ0n) is 44.5. The lowest BCUT2D eigenvalue weighted by Gasteiger charge is -2.16. The third kappa shape index (κ3) is 15.3. The zero-order valence-corrected chi connectivity index (χ0v) is 47.6. The Bertz CT molecular complexity index is 3360. The van der Waals surface area contributed by atoms with E-state index < -0.39 is 8.65 Å². The van der Waals surface area contributed by atoms with Gasteiger partial charge in [-0.2, -0.15) is 0 Å². The number of aromatic nitrogens is 6. The number of nitrogens with zero attached hydrogens (tertiary/aromatic N) is 6. The molecule has 0 aliphatic heterocycles. The van der Waals surface area contributed by atoms with Crippen LogP contribution in [0.3, 0.4) is 0 Å². The van der Waals surface area contributed by atoms with Gasteiger partial charge in [-0.15, -0.1) is 0 Å². The van der Waals surface area contributed by atoms with Gasteiger partial charge >= 0.3 is 11.9 Å². The molecule has 80 heavy (non-hydrogen) atoms. The molecule has 3 aromatic carbocycles. The van der Waals surface area contributed by atoms with Gasteiger partial charge in [0, 0.05) is 60.9 Å². The number of hydrogen-bond donors (Lipinski definition) is 0. The van der Waals surface area contributed by atoms with E-state index in [0.717, 1.165) is 78.9 Å². The minimum Gasteiger partial charge on any atom is -0.492 e. The molecule has 6 aromatic heterocycles. The van der Waals surface area contributed by atoms with E-state index in [1.54, 1.807) is 52.5 Å². The number of rotatable bonds is 18. The highest BCUT2D eigenvalue weighted by molar-refractivity contribution is 9.10. The summed E-state index contributed by atoms with van der Waals surface area (Å²) < 4.78 is 22.3. The molecule has 14 heteroatoms. The molecule has 0 saturated heterocycles. The van der Waals surface area contributed by atoms with E-state index in [9.17, 15) is 9.59 Å². The maximum absolute atomic E-state index is 12.5. The molecular formula is C66H54Br2N6O6. The second kappa shape index (κ2) is 26.2.